The number of fused-ring (bicyclic) bond motifs is 1. The molecule has 3 aliphatic heterocycles. The zero-order valence-corrected chi connectivity index (χ0v) is 49.9. The fourth-order valence-electron chi connectivity index (χ4n) is 11.5. The van der Waals surface area contributed by atoms with Crippen molar-refractivity contribution in [2.24, 2.45) is 16.5 Å². The number of amides is 4. The molecule has 8 N–H and O–H groups in total. The summed E-state index contributed by atoms with van der Waals surface area (Å²) in [6.45, 7) is 13.7. The molecular formula is C61H78N12O9S2. The van der Waals surface area contributed by atoms with Crippen LogP contribution in [-0.4, -0.2) is 137 Å². The maximum absolute atomic E-state index is 14.1. The summed E-state index contributed by atoms with van der Waals surface area (Å²) >= 11 is 1.58. The van der Waals surface area contributed by atoms with Gasteiger partial charge in [0.05, 0.1) is 44.5 Å². The Balaban J connectivity index is 0.638. The van der Waals surface area contributed by atoms with Gasteiger partial charge in [0.25, 0.3) is 15.9 Å². The standard InChI is InChI=1S/C61H78N12O9S2/c1-39-55(83-38-67-39)42-13-11-40(12-14-42)35-66-59(77)52-32-46(74)37-73(52)60(78)56(61(2,3)4)68-54(75)10-8-6-5-7-9-25-71-26-22-45(23-27-71)72-28-20-41(21-29-72)34-64-50-18-16-48(33-51(50)69-79)84(80,81)70-58(76)49-17-15-44(62)31-53(49)82-47-30-43-19-24-63-57(43)65-36-47/h11-19,24,30-31,33,36,38,41,45-46,52,56,64,74H,5-10,20-23,25-29,32,34-35,37,62H2,1-4H3,(H,63,65)(H,66,77)(H,68,75)(H,70,76)/t46-,52+,56-/m1/s1. The van der Waals surface area contributed by atoms with Crippen LogP contribution in [-0.2, 0) is 31.0 Å². The number of aromatic nitrogens is 3. The van der Waals surface area contributed by atoms with Gasteiger partial charge in [-0.1, -0.05) is 64.3 Å². The topological polar surface area (TPSA) is 287 Å². The second kappa shape index (κ2) is 27.6. The molecule has 21 nitrogen and oxygen atoms in total. The van der Waals surface area contributed by atoms with Gasteiger partial charge in [0.2, 0.25) is 17.7 Å². The Labute approximate surface area is 494 Å². The van der Waals surface area contributed by atoms with Crippen LogP contribution in [0.5, 0.6) is 11.5 Å². The van der Waals surface area contributed by atoms with E-state index in [1.54, 1.807) is 23.6 Å². The fourth-order valence-corrected chi connectivity index (χ4v) is 13.3. The number of ether oxygens (including phenoxy) is 1. The third-order valence-corrected chi connectivity index (χ3v) is 18.7. The molecule has 6 aromatic rings. The minimum absolute atomic E-state index is 0.0249. The molecule has 0 bridgehead atoms. The molecular weight excluding hydrogens is 1110 g/mol. The van der Waals surface area contributed by atoms with Crippen molar-refractivity contribution >= 4 is 73.1 Å². The summed E-state index contributed by atoms with van der Waals surface area (Å²) in [7, 11) is -4.44. The number of hydrogen-bond acceptors (Lipinski definition) is 17. The van der Waals surface area contributed by atoms with Crippen molar-refractivity contribution in [1.29, 1.82) is 0 Å². The van der Waals surface area contributed by atoms with E-state index in [0.717, 1.165) is 117 Å². The number of thiazole rings is 1. The summed E-state index contributed by atoms with van der Waals surface area (Å²) in [6.07, 6.45) is 11.8. The van der Waals surface area contributed by atoms with Gasteiger partial charge in [-0.15, -0.1) is 16.2 Å². The number of H-pyrrole nitrogens is 1. The van der Waals surface area contributed by atoms with Crippen LogP contribution in [0.15, 0.2) is 101 Å². The molecule has 3 aromatic heterocycles. The molecule has 0 aliphatic carbocycles. The highest BCUT2D eigenvalue weighted by Gasteiger charge is 2.44. The predicted octanol–water partition coefficient (Wildman–Crippen LogP) is 8.62. The molecule has 448 valence electrons. The van der Waals surface area contributed by atoms with Crippen molar-refractivity contribution in [3.8, 4) is 21.9 Å². The fraction of sp³-hybridized carbons (Fsp3) is 0.475. The zero-order valence-electron chi connectivity index (χ0n) is 48.3. The molecule has 3 aromatic carbocycles. The predicted molar refractivity (Wildman–Crippen MR) is 325 cm³/mol. The number of nitrogens with two attached hydrogens (primary N) is 1. The van der Waals surface area contributed by atoms with E-state index in [2.05, 4.69) is 50.6 Å². The maximum Gasteiger partial charge on any atom is 0.268 e. The number of aromatic amines is 1. The molecule has 0 unspecified atom stereocenters. The van der Waals surface area contributed by atoms with E-state index in [4.69, 9.17) is 10.5 Å². The number of nitrogen functional groups attached to an aromatic ring is 1. The number of aliphatic hydroxyl groups excluding tert-OH is 1. The van der Waals surface area contributed by atoms with Crippen LogP contribution in [0.4, 0.5) is 17.1 Å². The number of carbonyl (C=O) groups excluding carboxylic acids is 4. The average molecular weight is 1190 g/mol. The molecule has 0 spiro atoms. The molecule has 3 atom stereocenters. The largest absolute Gasteiger partial charge is 0.455 e. The number of nitrogens with zero attached hydrogens (tertiary/aromatic N) is 6. The van der Waals surface area contributed by atoms with Gasteiger partial charge in [-0.25, -0.2) is 23.1 Å². The third kappa shape index (κ3) is 15.7. The SMILES string of the molecule is Cc1ncsc1-c1ccc(CNC(=O)[C@@H]2C[C@@H](O)CN2C(=O)[C@@H](NC(=O)CCCCCCCN2CCC(N3CCC(CNc4ccc(S(=O)(=O)NC(=O)c5ccc(N)cc5Oc5cnc6[nH]ccc6c5)cc4N=O)CC3)CC2)C(C)(C)C)cc1. The van der Waals surface area contributed by atoms with E-state index in [-0.39, 0.29) is 59.1 Å². The number of hydrogen-bond donors (Lipinski definition) is 7. The van der Waals surface area contributed by atoms with Gasteiger partial charge in [-0.2, -0.15) is 0 Å². The summed E-state index contributed by atoms with van der Waals surface area (Å²) in [5.41, 5.74) is 11.3. The third-order valence-electron chi connectivity index (χ3n) is 16.4. The van der Waals surface area contributed by atoms with Crippen molar-refractivity contribution in [1.82, 2.24) is 45.0 Å². The first-order valence-corrected chi connectivity index (χ1v) is 31.5. The number of anilines is 2. The molecule has 3 fully saturated rings. The van der Waals surface area contributed by atoms with Crippen molar-refractivity contribution in [2.45, 2.75) is 134 Å². The second-order valence-corrected chi connectivity index (χ2v) is 26.1. The number of aryl methyl sites for hydroxylation is 1. The Bertz CT molecular complexity index is 3390. The first kappa shape index (κ1) is 61.3. The Morgan fingerprint density at radius 1 is 0.917 bits per heavy atom. The number of nitrogens with one attached hydrogen (secondary N) is 5. The van der Waals surface area contributed by atoms with E-state index in [1.165, 1.54) is 41.4 Å². The number of benzene rings is 3. The molecule has 0 saturated carbocycles. The Kier molecular flexibility index (Phi) is 20.1. The molecule has 4 amide bonds. The van der Waals surface area contributed by atoms with Crippen LogP contribution < -0.4 is 31.1 Å². The van der Waals surface area contributed by atoms with Gasteiger partial charge < -0.3 is 51.2 Å². The van der Waals surface area contributed by atoms with Gasteiger partial charge >= 0.3 is 0 Å². The average Bonchev–Trinajstić information content (AvgIpc) is 3.01. The van der Waals surface area contributed by atoms with E-state index in [9.17, 15) is 37.6 Å². The minimum atomic E-state index is -4.44. The summed E-state index contributed by atoms with van der Waals surface area (Å²) < 4.78 is 35.0. The number of unbranched alkanes of at least 4 members (excludes halogenated alkanes) is 4. The summed E-state index contributed by atoms with van der Waals surface area (Å²) in [6, 6.07) is 18.5. The van der Waals surface area contributed by atoms with E-state index < -0.39 is 39.5 Å². The highest BCUT2D eigenvalue weighted by molar-refractivity contribution is 7.90. The van der Waals surface area contributed by atoms with E-state index in [1.807, 2.05) is 63.5 Å². The van der Waals surface area contributed by atoms with Crippen LogP contribution >= 0.6 is 11.3 Å². The normalized spacial score (nSPS) is 17.9. The molecule has 9 rings (SSSR count). The molecule has 23 heteroatoms. The number of carbonyl (C=O) groups is 4. The lowest BCUT2D eigenvalue weighted by molar-refractivity contribution is -0.144. The molecule has 84 heavy (non-hydrogen) atoms. The zero-order chi connectivity index (χ0) is 59.5. The number of likely N-dealkylation sites (tertiary alicyclic amines) is 3. The van der Waals surface area contributed by atoms with Crippen LogP contribution in [0.25, 0.3) is 21.5 Å². The van der Waals surface area contributed by atoms with E-state index in [0.29, 0.717) is 54.1 Å². The maximum atomic E-state index is 14.1. The summed E-state index contributed by atoms with van der Waals surface area (Å²) in [5, 5.41) is 23.8. The van der Waals surface area contributed by atoms with Gasteiger partial charge in [-0.3, -0.25) is 19.2 Å². The first-order valence-electron chi connectivity index (χ1n) is 29.1. The smallest absolute Gasteiger partial charge is 0.268 e. The highest BCUT2D eigenvalue weighted by Crippen LogP contribution is 2.34. The lowest BCUT2D eigenvalue weighted by atomic mass is 9.85. The van der Waals surface area contributed by atoms with Crippen molar-refractivity contribution in [2.75, 3.05) is 56.9 Å². The van der Waals surface area contributed by atoms with Gasteiger partial charge in [0.1, 0.15) is 34.9 Å². The lowest BCUT2D eigenvalue weighted by Crippen LogP contribution is -2.57. The lowest BCUT2D eigenvalue weighted by Gasteiger charge is -2.42. The van der Waals surface area contributed by atoms with Gasteiger partial charge in [-0.05, 0) is 148 Å². The Morgan fingerprint density at radius 2 is 1.67 bits per heavy atom. The number of pyridine rings is 1. The minimum Gasteiger partial charge on any atom is -0.455 e. The summed E-state index contributed by atoms with van der Waals surface area (Å²) in [4.78, 5) is 85.4. The number of rotatable bonds is 24. The van der Waals surface area contributed by atoms with Crippen molar-refractivity contribution in [3.63, 3.8) is 0 Å². The number of aliphatic hydroxyl groups is 1. The number of β-amino-alcohol motifs (C(OH)–C–C–N with tert-alkyl or cyclic N) is 1. The van der Waals surface area contributed by atoms with Crippen LogP contribution in [0.2, 0.25) is 0 Å². The first-order chi connectivity index (χ1) is 40.3. The quantitative estimate of drug-likeness (QED) is 0.0170. The van der Waals surface area contributed by atoms with Gasteiger partial charge in [0, 0.05) is 61.9 Å². The van der Waals surface area contributed by atoms with Crippen LogP contribution in [0.1, 0.15) is 113 Å². The van der Waals surface area contributed by atoms with Crippen LogP contribution in [0, 0.1) is 23.2 Å². The number of nitroso groups, excluding NO2 is 1. The second-order valence-electron chi connectivity index (χ2n) is 23.5. The Hall–Kier alpha value is -7.31. The Morgan fingerprint density at radius 3 is 2.39 bits per heavy atom. The van der Waals surface area contributed by atoms with Gasteiger partial charge in [0.15, 0.2) is 0 Å². The summed E-state index contributed by atoms with van der Waals surface area (Å²) in [5.74, 6) is -1.15. The van der Waals surface area contributed by atoms with E-state index >= 15 is 0 Å². The molecule has 3 saturated heterocycles. The van der Waals surface area contributed by atoms with Crippen molar-refractivity contribution < 1.29 is 37.4 Å². The molecule has 0 radical (unpaired) electrons. The molecule has 3 aliphatic rings. The number of sulfonamides is 1. The monoisotopic (exact) mass is 1190 g/mol. The van der Waals surface area contributed by atoms with Crippen LogP contribution in [0.3, 0.4) is 0 Å². The highest BCUT2D eigenvalue weighted by atomic mass is 32.2. The molecule has 6 heterocycles. The van der Waals surface area contributed by atoms with Crippen molar-refractivity contribution in [3.05, 3.63) is 112 Å². The number of piperidine rings is 2.